The summed E-state index contributed by atoms with van der Waals surface area (Å²) < 4.78 is 0. The number of fused-ring (bicyclic) bond motifs is 4. The lowest BCUT2D eigenvalue weighted by Gasteiger charge is -2.53. The van der Waals surface area contributed by atoms with E-state index in [4.69, 9.17) is 10.6 Å². The quantitative estimate of drug-likeness (QED) is 0.257. The first-order valence-corrected chi connectivity index (χ1v) is 27.0. The normalized spacial score (nSPS) is 56.2. The lowest BCUT2D eigenvalue weighted by atomic mass is 9.58. The van der Waals surface area contributed by atoms with Crippen molar-refractivity contribution in [2.45, 2.75) is 231 Å². The molecule has 0 aromatic heterocycles. The molecule has 9 aliphatic carbocycles. The molecule has 0 spiro atoms. The lowest BCUT2D eigenvalue weighted by Crippen LogP contribution is -2.63. The van der Waals surface area contributed by atoms with Crippen LogP contribution in [0.2, 0.25) is 0 Å². The van der Waals surface area contributed by atoms with E-state index in [1.807, 2.05) is 0 Å². The smallest absolute Gasteiger partial charge is 0.0257 e. The molecule has 10 bridgehead atoms. The van der Waals surface area contributed by atoms with Gasteiger partial charge in [0.15, 0.2) is 0 Å². The van der Waals surface area contributed by atoms with Crippen LogP contribution >= 0.6 is 0 Å². The predicted molar refractivity (Wildman–Crippen MR) is 234 cm³/mol. The van der Waals surface area contributed by atoms with Gasteiger partial charge in [0.05, 0.1) is 0 Å². The highest BCUT2D eigenvalue weighted by Crippen LogP contribution is 2.58. The number of hydrogen-bond acceptors (Lipinski definition) is 2. The molecule has 0 amide bonds. The Labute approximate surface area is 346 Å². The molecule has 316 valence electrons. The molecule has 2 heteroatoms. The average Bonchev–Trinajstić information content (AvgIpc) is 3.53. The van der Waals surface area contributed by atoms with Gasteiger partial charge < -0.3 is 10.6 Å². The molecule has 15 fully saturated rings. The second kappa shape index (κ2) is 16.7. The number of rotatable bonds is 0. The zero-order chi connectivity index (χ0) is 37.3. The molecule has 0 aromatic carbocycles. The van der Waals surface area contributed by atoms with Gasteiger partial charge in [0.1, 0.15) is 0 Å². The first-order chi connectivity index (χ1) is 27.5. The first kappa shape index (κ1) is 38.8. The Morgan fingerprint density at radius 2 is 0.554 bits per heavy atom. The van der Waals surface area contributed by atoms with Crippen LogP contribution in [0.4, 0.5) is 0 Å². The Balaban J connectivity index is 1.02. The second-order valence-electron chi connectivity index (χ2n) is 25.0. The summed E-state index contributed by atoms with van der Waals surface area (Å²) in [6.45, 7) is 5.44. The maximum atomic E-state index is 5.09. The van der Waals surface area contributed by atoms with E-state index < -0.39 is 0 Å². The maximum Gasteiger partial charge on any atom is 0.0257 e. The fourth-order valence-corrected chi connectivity index (χ4v) is 19.7. The molecule has 8 atom stereocenters. The van der Waals surface area contributed by atoms with Gasteiger partial charge in [-0.05, 0) is 196 Å². The Bertz CT molecular complexity index is 1110. The average molecular weight is 767 g/mol. The monoisotopic (exact) mass is 767 g/mol. The zero-order valence-corrected chi connectivity index (χ0v) is 36.9. The second-order valence-corrected chi connectivity index (χ2v) is 25.0. The molecule has 8 unspecified atom stereocenters. The summed E-state index contributed by atoms with van der Waals surface area (Å²) in [7, 11) is 0. The van der Waals surface area contributed by atoms with Crippen molar-refractivity contribution in [3.05, 3.63) is 0 Å². The van der Waals surface area contributed by atoms with Crippen LogP contribution in [0.5, 0.6) is 0 Å². The molecule has 2 N–H and O–H groups in total. The Morgan fingerprint density at radius 3 is 0.857 bits per heavy atom. The van der Waals surface area contributed by atoms with Gasteiger partial charge in [-0.2, -0.15) is 0 Å². The fourth-order valence-electron chi connectivity index (χ4n) is 19.7. The third-order valence-electron chi connectivity index (χ3n) is 22.3. The minimum Gasteiger partial charge on any atom is -0.309 e. The Morgan fingerprint density at radius 1 is 0.268 bits per heavy atom. The third kappa shape index (κ3) is 7.50. The standard InChI is InChI=1S/C54H90N2/c1-33-29-46-39-21-13-35(14-22-39)9-11-37-17-25-41(26-18-37)48-31-34(2)32-49-42-27-19-38(20-28-42)12-10-36-15-23-40(24-16-36)47(30-33)51(46)55-53-44-7-3-5-43-6-4-8-45(50(43)44)54(53)56-52(48)49/h33-56H,3-32H2,1-2H3. The Hall–Kier alpha value is -0.0800. The van der Waals surface area contributed by atoms with Crippen LogP contribution < -0.4 is 10.6 Å². The van der Waals surface area contributed by atoms with E-state index in [0.29, 0.717) is 0 Å². The van der Waals surface area contributed by atoms with Gasteiger partial charge in [-0.1, -0.05) is 117 Å². The van der Waals surface area contributed by atoms with Gasteiger partial charge in [-0.3, -0.25) is 0 Å². The summed E-state index contributed by atoms with van der Waals surface area (Å²) >= 11 is 0. The highest BCUT2D eigenvalue weighted by atomic mass is 15.1. The molecular formula is C54H90N2. The summed E-state index contributed by atoms with van der Waals surface area (Å²) in [5.74, 6) is 17.8. The summed E-state index contributed by atoms with van der Waals surface area (Å²) in [5.41, 5.74) is 0. The van der Waals surface area contributed by atoms with Crippen molar-refractivity contribution in [2.75, 3.05) is 0 Å². The van der Waals surface area contributed by atoms with E-state index in [9.17, 15) is 0 Å². The van der Waals surface area contributed by atoms with Crippen LogP contribution in [-0.4, -0.2) is 24.2 Å². The van der Waals surface area contributed by atoms with Gasteiger partial charge in [0, 0.05) is 24.2 Å². The number of nitrogens with one attached hydrogen (secondary N) is 2. The molecule has 0 aromatic rings. The fraction of sp³-hybridized carbons (Fsp3) is 1.00. The highest BCUT2D eigenvalue weighted by molar-refractivity contribution is 5.13. The van der Waals surface area contributed by atoms with Gasteiger partial charge in [-0.25, -0.2) is 0 Å². The minimum atomic E-state index is 0.742. The first-order valence-electron chi connectivity index (χ1n) is 27.0. The van der Waals surface area contributed by atoms with Gasteiger partial charge >= 0.3 is 0 Å². The third-order valence-corrected chi connectivity index (χ3v) is 22.3. The molecule has 6 aliphatic heterocycles. The molecule has 56 heavy (non-hydrogen) atoms. The van der Waals surface area contributed by atoms with E-state index in [2.05, 4.69) is 13.8 Å². The molecular weight excluding hydrogens is 677 g/mol. The topological polar surface area (TPSA) is 24.1 Å². The van der Waals surface area contributed by atoms with Crippen molar-refractivity contribution in [1.82, 2.24) is 10.6 Å². The van der Waals surface area contributed by atoms with E-state index in [1.165, 1.54) is 12.8 Å². The van der Waals surface area contributed by atoms with Crippen LogP contribution in [-0.2, 0) is 0 Å². The van der Waals surface area contributed by atoms with Crippen LogP contribution in [0.25, 0.3) is 0 Å². The van der Waals surface area contributed by atoms with Gasteiger partial charge in [-0.15, -0.1) is 0 Å². The van der Waals surface area contributed by atoms with Crippen LogP contribution in [0.1, 0.15) is 206 Å². The molecule has 6 saturated heterocycles. The SMILES string of the molecule is CC1CC2C3CCC(CCC4CCC(CC4)C4CC(C)CC5C6CCC(CCC7CCC(CC7)C(C1)C2NC1C2CCCC7CCCC(C1NC45)C72)CC6)CC3. The van der Waals surface area contributed by atoms with Crippen molar-refractivity contribution in [3.8, 4) is 0 Å². The van der Waals surface area contributed by atoms with Crippen molar-refractivity contribution >= 4 is 0 Å². The van der Waals surface area contributed by atoms with E-state index >= 15 is 0 Å². The summed E-state index contributed by atoms with van der Waals surface area (Å²) in [6.07, 6.45) is 46.9. The van der Waals surface area contributed by atoms with Crippen LogP contribution in [0.3, 0.4) is 0 Å². The van der Waals surface area contributed by atoms with Crippen LogP contribution in [0.15, 0.2) is 0 Å². The molecule has 2 nitrogen and oxygen atoms in total. The van der Waals surface area contributed by atoms with Gasteiger partial charge in [0.25, 0.3) is 0 Å². The molecule has 9 saturated carbocycles. The molecule has 15 rings (SSSR count). The van der Waals surface area contributed by atoms with E-state index in [0.717, 1.165) is 131 Å². The predicted octanol–water partition coefficient (Wildman–Crippen LogP) is 13.6. The summed E-state index contributed by atoms with van der Waals surface area (Å²) in [4.78, 5) is 0. The lowest BCUT2D eigenvalue weighted by molar-refractivity contribution is 0.00249. The van der Waals surface area contributed by atoms with Crippen LogP contribution in [0, 0.1) is 107 Å². The molecule has 0 radical (unpaired) electrons. The minimum absolute atomic E-state index is 0.742. The van der Waals surface area contributed by atoms with Gasteiger partial charge in [0.2, 0.25) is 0 Å². The largest absolute Gasteiger partial charge is 0.309 e. The molecule has 6 heterocycles. The van der Waals surface area contributed by atoms with Crippen molar-refractivity contribution in [2.24, 2.45) is 107 Å². The van der Waals surface area contributed by atoms with E-state index in [1.54, 1.807) is 180 Å². The maximum absolute atomic E-state index is 5.09. The molecule has 15 aliphatic rings. The summed E-state index contributed by atoms with van der Waals surface area (Å²) in [5, 5.41) is 10.2. The highest BCUT2D eigenvalue weighted by Gasteiger charge is 2.58. The Kier molecular flexibility index (Phi) is 11.5. The van der Waals surface area contributed by atoms with Crippen molar-refractivity contribution in [3.63, 3.8) is 0 Å². The van der Waals surface area contributed by atoms with Crippen molar-refractivity contribution in [1.29, 1.82) is 0 Å². The van der Waals surface area contributed by atoms with E-state index in [-0.39, 0.29) is 0 Å². The number of hydrogen-bond donors (Lipinski definition) is 2. The van der Waals surface area contributed by atoms with Crippen molar-refractivity contribution < 1.29 is 0 Å². The zero-order valence-electron chi connectivity index (χ0n) is 36.9. The summed E-state index contributed by atoms with van der Waals surface area (Å²) in [6, 6.07) is 3.08.